The predicted octanol–water partition coefficient (Wildman–Crippen LogP) is 2.67. The minimum absolute atomic E-state index is 0.166. The lowest BCUT2D eigenvalue weighted by Crippen LogP contribution is -2.25. The van der Waals surface area contributed by atoms with Gasteiger partial charge in [-0.3, -0.25) is 4.99 Å². The van der Waals surface area contributed by atoms with Crippen LogP contribution in [0.15, 0.2) is 53.5 Å². The number of hydrogen-bond donors (Lipinski definition) is 1. The molecule has 0 aromatic heterocycles. The van der Waals surface area contributed by atoms with Gasteiger partial charge < -0.3 is 14.9 Å². The Labute approximate surface area is 154 Å². The smallest absolute Gasteiger partial charge is 0.130 e. The molecule has 26 heavy (non-hydrogen) atoms. The molecule has 1 fully saturated rings. The highest BCUT2D eigenvalue weighted by molar-refractivity contribution is 5.99. The Hall–Kier alpha value is -2.77. The zero-order chi connectivity index (χ0) is 18.1. The molecule has 0 radical (unpaired) electrons. The lowest BCUT2D eigenvalue weighted by molar-refractivity contribution is 0.194. The molecule has 0 unspecified atom stereocenters. The predicted molar refractivity (Wildman–Crippen MR) is 106 cm³/mol. The van der Waals surface area contributed by atoms with Crippen molar-refractivity contribution < 1.29 is 5.11 Å². The SMILES string of the molecule is C#Cc1ccc(N2C[C@H](O)C[C@@H]2c2ccc(C3=NCCN3C)cc2)cc1. The lowest BCUT2D eigenvalue weighted by atomic mass is 10.0. The van der Waals surface area contributed by atoms with Gasteiger partial charge in [0.05, 0.1) is 18.7 Å². The number of aliphatic hydroxyl groups is 1. The van der Waals surface area contributed by atoms with Crippen LogP contribution in [0.2, 0.25) is 0 Å². The van der Waals surface area contributed by atoms with Gasteiger partial charge in [0.1, 0.15) is 5.84 Å². The Morgan fingerprint density at radius 1 is 1.12 bits per heavy atom. The fraction of sp³-hybridized carbons (Fsp3) is 0.318. The average molecular weight is 345 g/mol. The van der Waals surface area contributed by atoms with Crippen molar-refractivity contribution in [2.45, 2.75) is 18.6 Å². The third kappa shape index (κ3) is 3.07. The monoisotopic (exact) mass is 345 g/mol. The van der Waals surface area contributed by atoms with Crippen LogP contribution in [0.5, 0.6) is 0 Å². The topological polar surface area (TPSA) is 39.1 Å². The highest BCUT2D eigenvalue weighted by Crippen LogP contribution is 2.36. The van der Waals surface area contributed by atoms with Gasteiger partial charge in [-0.2, -0.15) is 0 Å². The highest BCUT2D eigenvalue weighted by atomic mass is 16.3. The number of hydrogen-bond acceptors (Lipinski definition) is 4. The summed E-state index contributed by atoms with van der Waals surface area (Å²) in [6, 6.07) is 16.8. The summed E-state index contributed by atoms with van der Waals surface area (Å²) < 4.78 is 0. The van der Waals surface area contributed by atoms with E-state index in [1.54, 1.807) is 0 Å². The van der Waals surface area contributed by atoms with Crippen LogP contribution in [0.3, 0.4) is 0 Å². The third-order valence-electron chi connectivity index (χ3n) is 5.26. The molecule has 0 spiro atoms. The molecule has 1 N–H and O–H groups in total. The number of anilines is 1. The molecule has 4 rings (SSSR count). The van der Waals surface area contributed by atoms with E-state index in [9.17, 15) is 5.11 Å². The van der Waals surface area contributed by atoms with Gasteiger partial charge in [-0.15, -0.1) is 6.42 Å². The second-order valence-corrected chi connectivity index (χ2v) is 7.00. The quantitative estimate of drug-likeness (QED) is 0.870. The Morgan fingerprint density at radius 3 is 2.46 bits per heavy atom. The van der Waals surface area contributed by atoms with Crippen LogP contribution in [0.4, 0.5) is 5.69 Å². The van der Waals surface area contributed by atoms with Gasteiger partial charge in [-0.25, -0.2) is 0 Å². The molecule has 0 aliphatic carbocycles. The molecule has 1 saturated heterocycles. The zero-order valence-corrected chi connectivity index (χ0v) is 15.0. The van der Waals surface area contributed by atoms with Gasteiger partial charge in [-0.05, 0) is 36.2 Å². The number of β-amino-alcohol motifs (C(OH)–C–C–N with tert-alkyl or cyclic N) is 1. The summed E-state index contributed by atoms with van der Waals surface area (Å²) in [5, 5.41) is 10.3. The summed E-state index contributed by atoms with van der Waals surface area (Å²) in [7, 11) is 2.08. The molecule has 2 heterocycles. The highest BCUT2D eigenvalue weighted by Gasteiger charge is 2.32. The summed E-state index contributed by atoms with van der Waals surface area (Å²) in [6.07, 6.45) is 5.86. The van der Waals surface area contributed by atoms with Crippen LogP contribution in [0.25, 0.3) is 0 Å². The molecule has 2 aliphatic heterocycles. The molecular weight excluding hydrogens is 322 g/mol. The molecule has 2 aromatic carbocycles. The van der Waals surface area contributed by atoms with Crippen LogP contribution >= 0.6 is 0 Å². The molecule has 2 aliphatic rings. The van der Waals surface area contributed by atoms with E-state index in [-0.39, 0.29) is 12.1 Å². The number of aliphatic hydroxyl groups excluding tert-OH is 1. The first-order valence-electron chi connectivity index (χ1n) is 9.03. The van der Waals surface area contributed by atoms with Crippen LogP contribution < -0.4 is 4.90 Å². The van der Waals surface area contributed by atoms with E-state index in [4.69, 9.17) is 6.42 Å². The fourth-order valence-corrected chi connectivity index (χ4v) is 3.86. The van der Waals surface area contributed by atoms with Crippen LogP contribution in [0.1, 0.15) is 29.2 Å². The summed E-state index contributed by atoms with van der Waals surface area (Å²) in [5.41, 5.74) is 4.33. The maximum absolute atomic E-state index is 10.3. The number of rotatable bonds is 3. The van der Waals surface area contributed by atoms with Crippen molar-refractivity contribution in [3.05, 3.63) is 65.2 Å². The number of benzene rings is 2. The second-order valence-electron chi connectivity index (χ2n) is 7.00. The van der Waals surface area contributed by atoms with E-state index in [0.29, 0.717) is 6.54 Å². The number of likely N-dealkylation sites (N-methyl/N-ethyl adjacent to an activating group) is 1. The fourth-order valence-electron chi connectivity index (χ4n) is 3.86. The zero-order valence-electron chi connectivity index (χ0n) is 15.0. The molecule has 0 saturated carbocycles. The van der Waals surface area contributed by atoms with Crippen molar-refractivity contribution in [2.24, 2.45) is 4.99 Å². The van der Waals surface area contributed by atoms with E-state index in [2.05, 4.69) is 52.0 Å². The van der Waals surface area contributed by atoms with E-state index in [1.165, 1.54) is 5.56 Å². The molecule has 0 bridgehead atoms. The van der Waals surface area contributed by atoms with Gasteiger partial charge >= 0.3 is 0 Å². The summed E-state index contributed by atoms with van der Waals surface area (Å²) in [6.45, 7) is 2.48. The van der Waals surface area contributed by atoms with Crippen molar-refractivity contribution in [3.8, 4) is 12.3 Å². The van der Waals surface area contributed by atoms with Crippen LogP contribution in [-0.4, -0.2) is 48.6 Å². The van der Waals surface area contributed by atoms with Crippen molar-refractivity contribution in [2.75, 3.05) is 31.6 Å². The van der Waals surface area contributed by atoms with Crippen molar-refractivity contribution in [1.29, 1.82) is 0 Å². The number of terminal acetylenes is 1. The van der Waals surface area contributed by atoms with Gasteiger partial charge in [0.15, 0.2) is 0 Å². The maximum atomic E-state index is 10.3. The van der Waals surface area contributed by atoms with E-state index in [0.717, 1.165) is 42.2 Å². The van der Waals surface area contributed by atoms with E-state index in [1.807, 2.05) is 24.3 Å². The lowest BCUT2D eigenvalue weighted by Gasteiger charge is -2.27. The van der Waals surface area contributed by atoms with Gasteiger partial charge in [0.25, 0.3) is 0 Å². The minimum Gasteiger partial charge on any atom is -0.391 e. The van der Waals surface area contributed by atoms with Gasteiger partial charge in [0, 0.05) is 37.0 Å². The molecule has 4 heteroatoms. The molecular formula is C22H23N3O. The molecule has 2 aromatic rings. The number of amidine groups is 1. The Kier molecular flexibility index (Phi) is 4.40. The summed E-state index contributed by atoms with van der Waals surface area (Å²) in [4.78, 5) is 9.03. The van der Waals surface area contributed by atoms with Crippen LogP contribution in [-0.2, 0) is 0 Å². The maximum Gasteiger partial charge on any atom is 0.130 e. The minimum atomic E-state index is -0.322. The van der Waals surface area contributed by atoms with E-state index < -0.39 is 0 Å². The van der Waals surface area contributed by atoms with E-state index >= 15 is 0 Å². The van der Waals surface area contributed by atoms with Gasteiger partial charge in [-0.1, -0.05) is 30.2 Å². The molecule has 4 nitrogen and oxygen atoms in total. The Balaban J connectivity index is 1.59. The van der Waals surface area contributed by atoms with Gasteiger partial charge in [0.2, 0.25) is 0 Å². The summed E-state index contributed by atoms with van der Waals surface area (Å²) in [5.74, 6) is 3.71. The second kappa shape index (κ2) is 6.86. The van der Waals surface area contributed by atoms with Crippen molar-refractivity contribution >= 4 is 11.5 Å². The number of aliphatic imine (C=N–C) groups is 1. The first kappa shape index (κ1) is 16.7. The standard InChI is InChI=1S/C22H23N3O/c1-3-16-4-10-19(11-5-16)25-15-20(26)14-21(25)17-6-8-18(9-7-17)22-23-12-13-24(22)2/h1,4-11,20-21,26H,12-15H2,2H3/t20-,21-/m1/s1. The van der Waals surface area contributed by atoms with Crippen molar-refractivity contribution in [3.63, 3.8) is 0 Å². The first-order valence-corrected chi connectivity index (χ1v) is 9.03. The molecule has 2 atom stereocenters. The van der Waals surface area contributed by atoms with Crippen LogP contribution in [0, 0.1) is 12.3 Å². The molecule has 0 amide bonds. The normalized spacial score (nSPS) is 22.4. The third-order valence-corrected chi connectivity index (χ3v) is 5.26. The number of nitrogens with zero attached hydrogens (tertiary/aromatic N) is 3. The average Bonchev–Trinajstić information content (AvgIpc) is 3.27. The first-order chi connectivity index (χ1) is 12.7. The van der Waals surface area contributed by atoms with Crippen molar-refractivity contribution in [1.82, 2.24) is 4.90 Å². The molecule has 132 valence electrons. The largest absolute Gasteiger partial charge is 0.391 e. The Bertz CT molecular complexity index is 848. The summed E-state index contributed by atoms with van der Waals surface area (Å²) >= 11 is 0. The Morgan fingerprint density at radius 2 is 1.85 bits per heavy atom.